The second kappa shape index (κ2) is 4.29. The number of nitrogens with zero attached hydrogens (tertiary/aromatic N) is 2. The maximum Gasteiger partial charge on any atom is 0.101 e. The molecule has 0 unspecified atom stereocenters. The molecule has 1 N–H and O–H groups in total. The lowest BCUT2D eigenvalue weighted by molar-refractivity contribution is 0.0766. The van der Waals surface area contributed by atoms with Gasteiger partial charge in [-0.2, -0.15) is 5.26 Å². The standard InChI is InChI=1S/C11H19N3/c1-13-10-7-14(8-10)11(6-12)9-4-2-3-5-9/h9-11,13H,2-5,7-8H2,1H3/t11-/m1/s1. The van der Waals surface area contributed by atoms with Gasteiger partial charge in [0.05, 0.1) is 6.07 Å². The number of likely N-dealkylation sites (N-methyl/N-ethyl adjacent to an activating group) is 1. The van der Waals surface area contributed by atoms with Gasteiger partial charge in [0.25, 0.3) is 0 Å². The van der Waals surface area contributed by atoms with Gasteiger partial charge in [0.1, 0.15) is 6.04 Å². The first-order valence-electron chi connectivity index (χ1n) is 5.66. The molecule has 2 rings (SSSR count). The third-order valence-electron chi connectivity index (χ3n) is 3.69. The number of likely N-dealkylation sites (tertiary alicyclic amines) is 1. The van der Waals surface area contributed by atoms with Crippen molar-refractivity contribution in [1.29, 1.82) is 5.26 Å². The van der Waals surface area contributed by atoms with Crippen LogP contribution >= 0.6 is 0 Å². The van der Waals surface area contributed by atoms with Crippen LogP contribution < -0.4 is 5.32 Å². The predicted molar refractivity (Wildman–Crippen MR) is 55.8 cm³/mol. The van der Waals surface area contributed by atoms with E-state index in [-0.39, 0.29) is 6.04 Å². The molecule has 0 amide bonds. The first-order valence-corrected chi connectivity index (χ1v) is 5.66. The van der Waals surface area contributed by atoms with Crippen LogP contribution in [0.25, 0.3) is 0 Å². The van der Waals surface area contributed by atoms with E-state index >= 15 is 0 Å². The molecule has 3 heteroatoms. The van der Waals surface area contributed by atoms with Crippen LogP contribution in [0.5, 0.6) is 0 Å². The van der Waals surface area contributed by atoms with Crippen LogP contribution in [0.1, 0.15) is 25.7 Å². The van der Waals surface area contributed by atoms with E-state index in [9.17, 15) is 0 Å². The molecule has 78 valence electrons. The number of rotatable bonds is 3. The van der Waals surface area contributed by atoms with E-state index in [0.717, 1.165) is 13.1 Å². The van der Waals surface area contributed by atoms with E-state index in [0.29, 0.717) is 12.0 Å². The summed E-state index contributed by atoms with van der Waals surface area (Å²) in [6, 6.07) is 3.30. The zero-order valence-electron chi connectivity index (χ0n) is 8.87. The largest absolute Gasteiger partial charge is 0.315 e. The van der Waals surface area contributed by atoms with Gasteiger partial charge in [-0.25, -0.2) is 0 Å². The Hall–Kier alpha value is -0.590. The average Bonchev–Trinajstić information content (AvgIpc) is 2.62. The summed E-state index contributed by atoms with van der Waals surface area (Å²) in [7, 11) is 2.00. The van der Waals surface area contributed by atoms with Crippen molar-refractivity contribution in [3.8, 4) is 6.07 Å². The summed E-state index contributed by atoms with van der Waals surface area (Å²) in [5.74, 6) is 0.651. The third-order valence-corrected chi connectivity index (χ3v) is 3.69. The summed E-state index contributed by atoms with van der Waals surface area (Å²) in [5.41, 5.74) is 0. The Morgan fingerprint density at radius 2 is 2.00 bits per heavy atom. The van der Waals surface area contributed by atoms with Gasteiger partial charge in [-0.15, -0.1) is 0 Å². The summed E-state index contributed by atoms with van der Waals surface area (Å²) in [4.78, 5) is 2.33. The van der Waals surface area contributed by atoms with Gasteiger partial charge in [-0.05, 0) is 25.8 Å². The first kappa shape index (κ1) is 9.95. The van der Waals surface area contributed by atoms with Gasteiger partial charge in [-0.3, -0.25) is 4.90 Å². The monoisotopic (exact) mass is 193 g/mol. The molecule has 0 bridgehead atoms. The van der Waals surface area contributed by atoms with E-state index in [1.165, 1.54) is 25.7 Å². The topological polar surface area (TPSA) is 39.1 Å². The number of nitrogens with one attached hydrogen (secondary N) is 1. The molecule has 3 nitrogen and oxygen atoms in total. The molecule has 1 saturated heterocycles. The quantitative estimate of drug-likeness (QED) is 0.726. The van der Waals surface area contributed by atoms with Gasteiger partial charge in [0.15, 0.2) is 0 Å². The first-order chi connectivity index (χ1) is 6.85. The van der Waals surface area contributed by atoms with E-state index in [4.69, 9.17) is 5.26 Å². The molecule has 0 spiro atoms. The molecule has 1 saturated carbocycles. The minimum Gasteiger partial charge on any atom is -0.315 e. The van der Waals surface area contributed by atoms with Gasteiger partial charge in [0.2, 0.25) is 0 Å². The molecule has 2 fully saturated rings. The van der Waals surface area contributed by atoms with Crippen LogP contribution in [0.15, 0.2) is 0 Å². The lowest BCUT2D eigenvalue weighted by Gasteiger charge is -2.43. The fourth-order valence-corrected chi connectivity index (χ4v) is 2.68. The summed E-state index contributed by atoms with van der Waals surface area (Å²) < 4.78 is 0. The Bertz CT molecular complexity index is 221. The molecular formula is C11H19N3. The molecule has 1 atom stereocenters. The van der Waals surface area contributed by atoms with Gasteiger partial charge < -0.3 is 5.32 Å². The van der Waals surface area contributed by atoms with Crippen LogP contribution in [0.2, 0.25) is 0 Å². The van der Waals surface area contributed by atoms with Crippen LogP contribution in [-0.2, 0) is 0 Å². The van der Waals surface area contributed by atoms with Crippen LogP contribution in [0.3, 0.4) is 0 Å². The van der Waals surface area contributed by atoms with Crippen molar-refractivity contribution in [3.05, 3.63) is 0 Å². The highest BCUT2D eigenvalue weighted by Crippen LogP contribution is 2.31. The van der Waals surface area contributed by atoms with Crippen molar-refractivity contribution in [3.63, 3.8) is 0 Å². The van der Waals surface area contributed by atoms with Crippen molar-refractivity contribution >= 4 is 0 Å². The highest BCUT2D eigenvalue weighted by Gasteiger charge is 2.36. The SMILES string of the molecule is CNC1CN([C@H](C#N)C2CCCC2)C1. The summed E-state index contributed by atoms with van der Waals surface area (Å²) in [6.45, 7) is 2.12. The molecule has 0 aromatic carbocycles. The maximum absolute atomic E-state index is 9.17. The smallest absolute Gasteiger partial charge is 0.101 e. The Labute approximate surface area is 86.1 Å². The van der Waals surface area contributed by atoms with E-state index in [2.05, 4.69) is 16.3 Å². The highest BCUT2D eigenvalue weighted by atomic mass is 15.3. The van der Waals surface area contributed by atoms with Crippen molar-refractivity contribution < 1.29 is 0 Å². The minimum absolute atomic E-state index is 0.196. The molecule has 1 aliphatic heterocycles. The number of hydrogen-bond donors (Lipinski definition) is 1. The summed E-state index contributed by atoms with van der Waals surface area (Å²) in [6.07, 6.45) is 5.18. The summed E-state index contributed by atoms with van der Waals surface area (Å²) >= 11 is 0. The molecule has 1 aliphatic carbocycles. The van der Waals surface area contributed by atoms with Crippen molar-refractivity contribution in [2.75, 3.05) is 20.1 Å². The molecule has 2 aliphatic rings. The molecule has 0 aromatic rings. The van der Waals surface area contributed by atoms with Crippen molar-refractivity contribution in [1.82, 2.24) is 10.2 Å². The fourth-order valence-electron chi connectivity index (χ4n) is 2.68. The molecule has 0 aromatic heterocycles. The molecule has 14 heavy (non-hydrogen) atoms. The minimum atomic E-state index is 0.196. The Morgan fingerprint density at radius 3 is 2.50 bits per heavy atom. The Morgan fingerprint density at radius 1 is 1.36 bits per heavy atom. The third kappa shape index (κ3) is 1.77. The normalized spacial score (nSPS) is 27.1. The van der Waals surface area contributed by atoms with E-state index in [1.807, 2.05) is 7.05 Å². The van der Waals surface area contributed by atoms with Crippen LogP contribution in [0.4, 0.5) is 0 Å². The Kier molecular flexibility index (Phi) is 3.05. The van der Waals surface area contributed by atoms with Crippen molar-refractivity contribution in [2.45, 2.75) is 37.8 Å². The Balaban J connectivity index is 1.85. The van der Waals surface area contributed by atoms with E-state index in [1.54, 1.807) is 0 Å². The van der Waals surface area contributed by atoms with Gasteiger partial charge >= 0.3 is 0 Å². The predicted octanol–water partition coefficient (Wildman–Crippen LogP) is 0.972. The van der Waals surface area contributed by atoms with Crippen molar-refractivity contribution in [2.24, 2.45) is 5.92 Å². The summed E-state index contributed by atoms with van der Waals surface area (Å²) in [5, 5.41) is 12.4. The van der Waals surface area contributed by atoms with Crippen LogP contribution in [-0.4, -0.2) is 37.1 Å². The number of nitriles is 1. The highest BCUT2D eigenvalue weighted by molar-refractivity contribution is 5.03. The average molecular weight is 193 g/mol. The van der Waals surface area contributed by atoms with Crippen LogP contribution in [0, 0.1) is 17.2 Å². The lowest BCUT2D eigenvalue weighted by Crippen LogP contribution is -2.61. The fraction of sp³-hybridized carbons (Fsp3) is 0.909. The molecular weight excluding hydrogens is 174 g/mol. The zero-order chi connectivity index (χ0) is 9.97. The zero-order valence-corrected chi connectivity index (χ0v) is 8.87. The van der Waals surface area contributed by atoms with Gasteiger partial charge in [-0.1, -0.05) is 12.8 Å². The van der Waals surface area contributed by atoms with E-state index < -0.39 is 0 Å². The number of hydrogen-bond acceptors (Lipinski definition) is 3. The lowest BCUT2D eigenvalue weighted by atomic mass is 9.94. The molecule has 0 radical (unpaired) electrons. The molecule has 1 heterocycles. The second-order valence-electron chi connectivity index (χ2n) is 4.56. The maximum atomic E-state index is 9.17. The second-order valence-corrected chi connectivity index (χ2v) is 4.56. The van der Waals surface area contributed by atoms with Gasteiger partial charge in [0, 0.05) is 19.1 Å².